The molecule has 0 heteroatoms. The summed E-state index contributed by atoms with van der Waals surface area (Å²) in [6.07, 6.45) is 0. The molecule has 0 saturated carbocycles. The van der Waals surface area contributed by atoms with Crippen LogP contribution in [0.5, 0.6) is 0 Å². The van der Waals surface area contributed by atoms with Crippen LogP contribution in [0.25, 0.3) is 98.7 Å². The van der Waals surface area contributed by atoms with Crippen LogP contribution in [-0.4, -0.2) is 0 Å². The maximum Gasteiger partial charge on any atom is 0.0159 e. The van der Waals surface area contributed by atoms with Gasteiger partial charge in [0.25, 0.3) is 0 Å². The van der Waals surface area contributed by atoms with Gasteiger partial charge in [0.15, 0.2) is 0 Å². The summed E-state index contributed by atoms with van der Waals surface area (Å²) in [5.74, 6) is 0. The van der Waals surface area contributed by atoms with Crippen molar-refractivity contribution in [1.29, 1.82) is 0 Å². The average molecular weight is 699 g/mol. The first-order valence-electron chi connectivity index (χ1n) is 19.3. The fourth-order valence-electron chi connectivity index (χ4n) is 9.55. The Balaban J connectivity index is 1.04. The highest BCUT2D eigenvalue weighted by Gasteiger charge is 2.37. The molecule has 55 heavy (non-hydrogen) atoms. The van der Waals surface area contributed by atoms with Gasteiger partial charge in [0.1, 0.15) is 0 Å². The molecule has 1 aliphatic carbocycles. The number of rotatable bonds is 4. The maximum absolute atomic E-state index is 2.37. The molecule has 0 unspecified atom stereocenters. The molecule has 0 saturated heterocycles. The molecule has 0 atom stereocenters. The minimum Gasteiger partial charge on any atom is -0.0616 e. The van der Waals surface area contributed by atoms with Gasteiger partial charge in [-0.15, -0.1) is 0 Å². The van der Waals surface area contributed by atoms with E-state index in [1.807, 2.05) is 0 Å². The predicted molar refractivity (Wildman–Crippen MR) is 236 cm³/mol. The highest BCUT2D eigenvalue weighted by atomic mass is 14.4. The van der Waals surface area contributed by atoms with Gasteiger partial charge in [0, 0.05) is 5.41 Å². The molecule has 0 bridgehead atoms. The van der Waals surface area contributed by atoms with Crippen LogP contribution in [0.1, 0.15) is 25.0 Å². The molecule has 0 fully saturated rings. The molecule has 10 aromatic carbocycles. The van der Waals surface area contributed by atoms with Gasteiger partial charge in [-0.3, -0.25) is 0 Å². The molecule has 0 nitrogen and oxygen atoms in total. The van der Waals surface area contributed by atoms with Crippen molar-refractivity contribution in [2.75, 3.05) is 0 Å². The molecular weight excluding hydrogens is 661 g/mol. The van der Waals surface area contributed by atoms with E-state index >= 15 is 0 Å². The standard InChI is InChI=1S/C55H38/c1-55(2)49-21-11-20-44(53(49)54-43-15-6-5-13-37(43)32-33-50(54)55)38-25-29-40(30-26-38)52-47-18-9-7-16-45(47)51(46-17-8-10-19-48(46)52)39-27-22-36(23-28-39)42-31-24-35-12-3-4-14-41(35)34-42/h3-34H,1-2H3. The second kappa shape index (κ2) is 12.1. The van der Waals surface area contributed by atoms with Gasteiger partial charge in [0.2, 0.25) is 0 Å². The monoisotopic (exact) mass is 698 g/mol. The summed E-state index contributed by atoms with van der Waals surface area (Å²) in [6.45, 7) is 4.75. The van der Waals surface area contributed by atoms with E-state index in [0.717, 1.165) is 0 Å². The average Bonchev–Trinajstić information content (AvgIpc) is 3.49. The molecular formula is C55H38. The van der Waals surface area contributed by atoms with Gasteiger partial charge in [-0.25, -0.2) is 0 Å². The molecule has 10 aromatic rings. The van der Waals surface area contributed by atoms with E-state index in [4.69, 9.17) is 0 Å². The molecule has 11 rings (SSSR count). The summed E-state index contributed by atoms with van der Waals surface area (Å²) >= 11 is 0. The first kappa shape index (κ1) is 31.7. The molecule has 0 amide bonds. The Hall–Kier alpha value is -6.76. The lowest BCUT2D eigenvalue weighted by atomic mass is 9.81. The van der Waals surface area contributed by atoms with Crippen LogP contribution in [0.2, 0.25) is 0 Å². The van der Waals surface area contributed by atoms with Crippen molar-refractivity contribution < 1.29 is 0 Å². The summed E-state index contributed by atoms with van der Waals surface area (Å²) in [7, 11) is 0. The van der Waals surface area contributed by atoms with Crippen LogP contribution in [0.15, 0.2) is 194 Å². The fraction of sp³-hybridized carbons (Fsp3) is 0.0545. The van der Waals surface area contributed by atoms with Gasteiger partial charge in [0.05, 0.1) is 0 Å². The summed E-state index contributed by atoms with van der Waals surface area (Å²) in [5, 5.41) is 10.2. The van der Waals surface area contributed by atoms with E-state index in [1.54, 1.807) is 0 Å². The van der Waals surface area contributed by atoms with E-state index < -0.39 is 0 Å². The quantitative estimate of drug-likeness (QED) is 0.161. The molecule has 0 radical (unpaired) electrons. The van der Waals surface area contributed by atoms with E-state index in [1.165, 1.54) is 110 Å². The Kier molecular flexibility index (Phi) is 7.00. The lowest BCUT2D eigenvalue weighted by Crippen LogP contribution is -2.14. The normalized spacial score (nSPS) is 13.1. The Morgan fingerprint density at radius 3 is 1.35 bits per heavy atom. The Morgan fingerprint density at radius 2 is 0.727 bits per heavy atom. The van der Waals surface area contributed by atoms with Crippen LogP contribution >= 0.6 is 0 Å². The van der Waals surface area contributed by atoms with Crippen LogP contribution in [-0.2, 0) is 5.41 Å². The topological polar surface area (TPSA) is 0 Å². The molecule has 258 valence electrons. The van der Waals surface area contributed by atoms with Crippen LogP contribution in [0.3, 0.4) is 0 Å². The lowest BCUT2D eigenvalue weighted by molar-refractivity contribution is 0.661. The number of fused-ring (bicyclic) bond motifs is 8. The SMILES string of the molecule is CC1(C)c2cccc(-c3ccc(-c4c5ccccc5c(-c5ccc(-c6ccc7ccccc7c6)cc5)c5ccccc45)cc3)c2-c2c1ccc1ccccc21. The van der Waals surface area contributed by atoms with Crippen LogP contribution in [0, 0.1) is 0 Å². The number of benzene rings is 10. The third kappa shape index (κ3) is 4.85. The molecule has 0 N–H and O–H groups in total. The van der Waals surface area contributed by atoms with Crippen molar-refractivity contribution in [2.45, 2.75) is 19.3 Å². The summed E-state index contributed by atoms with van der Waals surface area (Å²) in [6, 6.07) is 72.1. The largest absolute Gasteiger partial charge is 0.0616 e. The highest BCUT2D eigenvalue weighted by Crippen LogP contribution is 2.54. The minimum atomic E-state index is -0.0685. The van der Waals surface area contributed by atoms with Crippen LogP contribution < -0.4 is 0 Å². The van der Waals surface area contributed by atoms with Crippen LogP contribution in [0.4, 0.5) is 0 Å². The molecule has 0 spiro atoms. The zero-order valence-corrected chi connectivity index (χ0v) is 31.0. The molecule has 1 aliphatic rings. The molecule has 0 aliphatic heterocycles. The minimum absolute atomic E-state index is 0.0685. The van der Waals surface area contributed by atoms with E-state index in [2.05, 4.69) is 208 Å². The second-order valence-electron chi connectivity index (χ2n) is 15.6. The van der Waals surface area contributed by atoms with Gasteiger partial charge < -0.3 is 0 Å². The van der Waals surface area contributed by atoms with Crippen molar-refractivity contribution in [3.8, 4) is 55.6 Å². The summed E-state index contributed by atoms with van der Waals surface area (Å²) < 4.78 is 0. The Morgan fingerprint density at radius 1 is 0.273 bits per heavy atom. The van der Waals surface area contributed by atoms with Crippen molar-refractivity contribution in [3.63, 3.8) is 0 Å². The summed E-state index contributed by atoms with van der Waals surface area (Å²) in [5.41, 5.74) is 15.5. The zero-order valence-electron chi connectivity index (χ0n) is 31.0. The lowest BCUT2D eigenvalue weighted by Gasteiger charge is -2.21. The third-order valence-electron chi connectivity index (χ3n) is 12.3. The zero-order chi connectivity index (χ0) is 36.7. The van der Waals surface area contributed by atoms with Crippen molar-refractivity contribution in [3.05, 3.63) is 205 Å². The second-order valence-corrected chi connectivity index (χ2v) is 15.6. The van der Waals surface area contributed by atoms with E-state index in [9.17, 15) is 0 Å². The van der Waals surface area contributed by atoms with Gasteiger partial charge in [-0.1, -0.05) is 202 Å². The van der Waals surface area contributed by atoms with Crippen molar-refractivity contribution in [1.82, 2.24) is 0 Å². The van der Waals surface area contributed by atoms with E-state index in [0.29, 0.717) is 0 Å². The number of hydrogen-bond donors (Lipinski definition) is 0. The first-order valence-corrected chi connectivity index (χ1v) is 19.3. The van der Waals surface area contributed by atoms with Gasteiger partial charge >= 0.3 is 0 Å². The summed E-state index contributed by atoms with van der Waals surface area (Å²) in [4.78, 5) is 0. The molecule has 0 heterocycles. The van der Waals surface area contributed by atoms with Crippen molar-refractivity contribution >= 4 is 43.1 Å². The number of hydrogen-bond acceptors (Lipinski definition) is 0. The van der Waals surface area contributed by atoms with Crippen molar-refractivity contribution in [2.24, 2.45) is 0 Å². The smallest absolute Gasteiger partial charge is 0.0159 e. The maximum atomic E-state index is 2.37. The third-order valence-corrected chi connectivity index (χ3v) is 12.3. The predicted octanol–water partition coefficient (Wildman–Crippen LogP) is 15.3. The molecule has 0 aromatic heterocycles. The Bertz CT molecular complexity index is 3080. The Labute approximate surface area is 322 Å². The first-order chi connectivity index (χ1) is 27.0. The highest BCUT2D eigenvalue weighted by molar-refractivity contribution is 6.21. The fourth-order valence-corrected chi connectivity index (χ4v) is 9.55. The van der Waals surface area contributed by atoms with E-state index in [-0.39, 0.29) is 5.41 Å². The van der Waals surface area contributed by atoms with Gasteiger partial charge in [-0.05, 0) is 116 Å². The van der Waals surface area contributed by atoms with Gasteiger partial charge in [-0.2, -0.15) is 0 Å².